The Kier molecular flexibility index (Phi) is 6.33. The Morgan fingerprint density at radius 1 is 1.16 bits per heavy atom. The maximum absolute atomic E-state index is 12.4. The molecule has 1 amide bonds. The molecule has 0 aliphatic heterocycles. The normalized spacial score (nSPS) is 13.2. The van der Waals surface area contributed by atoms with E-state index in [0.29, 0.717) is 11.5 Å². The van der Waals surface area contributed by atoms with Crippen molar-refractivity contribution in [1.82, 2.24) is 15.1 Å². The van der Waals surface area contributed by atoms with Crippen molar-refractivity contribution in [3.8, 4) is 0 Å². The number of amides is 1. The summed E-state index contributed by atoms with van der Waals surface area (Å²) in [4.78, 5) is 23.1. The summed E-state index contributed by atoms with van der Waals surface area (Å²) in [6, 6.07) is 8.25. The van der Waals surface area contributed by atoms with E-state index in [1.807, 2.05) is 6.92 Å². The first-order valence-electron chi connectivity index (χ1n) is 8.59. The lowest BCUT2D eigenvalue weighted by Crippen LogP contribution is -2.28. The highest BCUT2D eigenvalue weighted by Gasteiger charge is 2.16. The molecule has 134 valence electrons. The van der Waals surface area contributed by atoms with Crippen molar-refractivity contribution in [2.75, 3.05) is 0 Å². The fourth-order valence-electron chi connectivity index (χ4n) is 2.66. The second-order valence-corrected chi connectivity index (χ2v) is 6.23. The van der Waals surface area contributed by atoms with Gasteiger partial charge in [-0.2, -0.15) is 5.10 Å². The lowest BCUT2D eigenvalue weighted by atomic mass is 9.95. The summed E-state index contributed by atoms with van der Waals surface area (Å²) >= 11 is 0. The van der Waals surface area contributed by atoms with Crippen LogP contribution in [0.3, 0.4) is 0 Å². The highest BCUT2D eigenvalue weighted by molar-refractivity contribution is 5.94. The molecule has 0 aliphatic carbocycles. The number of nitrogens with one attached hydrogen (secondary N) is 1. The van der Waals surface area contributed by atoms with E-state index in [9.17, 15) is 9.59 Å². The van der Waals surface area contributed by atoms with Crippen LogP contribution in [0.2, 0.25) is 0 Å². The number of hydrogen-bond acceptors (Lipinski definition) is 3. The molecule has 0 fully saturated rings. The van der Waals surface area contributed by atoms with Gasteiger partial charge in [-0.25, -0.2) is 0 Å². The molecule has 6 heteroatoms. The van der Waals surface area contributed by atoms with Crippen LogP contribution in [0.5, 0.6) is 0 Å². The molecule has 2 N–H and O–H groups in total. The highest BCUT2D eigenvalue weighted by atomic mass is 16.4. The SMILES string of the molecule is CCC(C)c1ccc(C(CC)NC(=O)c2cnn(CC(=O)O)c2)cc1. The van der Waals surface area contributed by atoms with Crippen LogP contribution < -0.4 is 5.32 Å². The third kappa shape index (κ3) is 4.92. The van der Waals surface area contributed by atoms with Crippen molar-refractivity contribution < 1.29 is 14.7 Å². The predicted octanol–water partition coefficient (Wildman–Crippen LogP) is 3.36. The standard InChI is InChI=1S/C19H25N3O3/c1-4-13(3)14-6-8-15(9-7-14)17(5-2)21-19(25)16-10-20-22(11-16)12-18(23)24/h6-11,13,17H,4-5,12H2,1-3H3,(H,21,25)(H,23,24). The summed E-state index contributed by atoms with van der Waals surface area (Å²) in [7, 11) is 0. The molecule has 0 radical (unpaired) electrons. The van der Waals surface area contributed by atoms with Gasteiger partial charge in [-0.05, 0) is 29.9 Å². The van der Waals surface area contributed by atoms with E-state index in [0.717, 1.165) is 18.4 Å². The summed E-state index contributed by atoms with van der Waals surface area (Å²) in [5.74, 6) is -0.735. The van der Waals surface area contributed by atoms with E-state index in [-0.39, 0.29) is 18.5 Å². The molecule has 25 heavy (non-hydrogen) atoms. The van der Waals surface area contributed by atoms with Crippen LogP contribution in [0, 0.1) is 0 Å². The van der Waals surface area contributed by atoms with Gasteiger partial charge in [-0.1, -0.05) is 45.0 Å². The van der Waals surface area contributed by atoms with Gasteiger partial charge in [-0.15, -0.1) is 0 Å². The van der Waals surface area contributed by atoms with Crippen molar-refractivity contribution >= 4 is 11.9 Å². The van der Waals surface area contributed by atoms with Crippen molar-refractivity contribution in [3.05, 3.63) is 53.3 Å². The second-order valence-electron chi connectivity index (χ2n) is 6.23. The van der Waals surface area contributed by atoms with Crippen LogP contribution >= 0.6 is 0 Å². The molecule has 0 aliphatic rings. The van der Waals surface area contributed by atoms with Crippen molar-refractivity contribution in [1.29, 1.82) is 0 Å². The fraction of sp³-hybridized carbons (Fsp3) is 0.421. The van der Waals surface area contributed by atoms with Gasteiger partial charge in [0.1, 0.15) is 6.54 Å². The third-order valence-corrected chi connectivity index (χ3v) is 4.43. The Hall–Kier alpha value is -2.63. The van der Waals surface area contributed by atoms with Crippen LogP contribution in [-0.4, -0.2) is 26.8 Å². The van der Waals surface area contributed by atoms with E-state index in [1.54, 1.807) is 0 Å². The zero-order chi connectivity index (χ0) is 18.4. The number of carboxylic acid groups (broad SMARTS) is 1. The Morgan fingerprint density at radius 2 is 1.80 bits per heavy atom. The van der Waals surface area contributed by atoms with Gasteiger partial charge in [0.15, 0.2) is 0 Å². The summed E-state index contributed by atoms with van der Waals surface area (Å²) in [6.07, 6.45) is 4.69. The Labute approximate surface area is 147 Å². The molecule has 2 aromatic rings. The van der Waals surface area contributed by atoms with E-state index in [2.05, 4.69) is 48.5 Å². The molecule has 0 bridgehead atoms. The summed E-state index contributed by atoms with van der Waals surface area (Å²) in [6.45, 7) is 6.12. The minimum absolute atomic E-state index is 0.0960. The molecule has 0 spiro atoms. The molecular weight excluding hydrogens is 318 g/mol. The molecule has 0 saturated carbocycles. The van der Waals surface area contributed by atoms with Gasteiger partial charge < -0.3 is 10.4 Å². The zero-order valence-corrected chi connectivity index (χ0v) is 14.9. The largest absolute Gasteiger partial charge is 0.480 e. The number of nitrogens with zero attached hydrogens (tertiary/aromatic N) is 2. The maximum Gasteiger partial charge on any atom is 0.325 e. The topological polar surface area (TPSA) is 84.2 Å². The number of carbonyl (C=O) groups excluding carboxylic acids is 1. The Morgan fingerprint density at radius 3 is 2.36 bits per heavy atom. The van der Waals surface area contributed by atoms with Crippen LogP contribution in [0.1, 0.15) is 67.1 Å². The number of aromatic nitrogens is 2. The minimum atomic E-state index is -0.997. The van der Waals surface area contributed by atoms with Crippen LogP contribution in [0.25, 0.3) is 0 Å². The molecule has 1 aromatic carbocycles. The van der Waals surface area contributed by atoms with Crippen molar-refractivity contribution in [3.63, 3.8) is 0 Å². The predicted molar refractivity (Wildman–Crippen MR) is 95.5 cm³/mol. The number of aliphatic carboxylic acids is 1. The van der Waals surface area contributed by atoms with E-state index < -0.39 is 5.97 Å². The smallest absolute Gasteiger partial charge is 0.325 e. The Bertz CT molecular complexity index is 722. The van der Waals surface area contributed by atoms with Gasteiger partial charge in [0, 0.05) is 6.20 Å². The molecule has 2 rings (SSSR count). The summed E-state index contributed by atoms with van der Waals surface area (Å²) < 4.78 is 1.24. The maximum atomic E-state index is 12.4. The molecular formula is C19H25N3O3. The van der Waals surface area contributed by atoms with Gasteiger partial charge in [-0.3, -0.25) is 14.3 Å². The number of rotatable bonds is 8. The second kappa shape index (κ2) is 8.46. The van der Waals surface area contributed by atoms with E-state index >= 15 is 0 Å². The highest BCUT2D eigenvalue weighted by Crippen LogP contribution is 2.23. The molecule has 6 nitrogen and oxygen atoms in total. The molecule has 1 aromatic heterocycles. The fourth-order valence-corrected chi connectivity index (χ4v) is 2.66. The van der Waals surface area contributed by atoms with Crippen molar-refractivity contribution in [2.24, 2.45) is 0 Å². The van der Waals surface area contributed by atoms with E-state index in [1.165, 1.54) is 22.6 Å². The Balaban J connectivity index is 2.06. The lowest BCUT2D eigenvalue weighted by Gasteiger charge is -2.18. The van der Waals surface area contributed by atoms with Crippen LogP contribution in [0.4, 0.5) is 0 Å². The van der Waals surface area contributed by atoms with E-state index in [4.69, 9.17) is 5.11 Å². The average molecular weight is 343 g/mol. The first-order valence-corrected chi connectivity index (χ1v) is 8.59. The number of benzene rings is 1. The molecule has 0 saturated heterocycles. The quantitative estimate of drug-likeness (QED) is 0.770. The first kappa shape index (κ1) is 18.7. The van der Waals surface area contributed by atoms with Crippen LogP contribution in [0.15, 0.2) is 36.7 Å². The minimum Gasteiger partial charge on any atom is -0.480 e. The van der Waals surface area contributed by atoms with Gasteiger partial charge in [0.2, 0.25) is 0 Å². The van der Waals surface area contributed by atoms with Gasteiger partial charge >= 0.3 is 5.97 Å². The average Bonchev–Trinajstić information content (AvgIpc) is 3.06. The third-order valence-electron chi connectivity index (χ3n) is 4.43. The summed E-state index contributed by atoms with van der Waals surface area (Å²) in [5, 5.41) is 15.7. The lowest BCUT2D eigenvalue weighted by molar-refractivity contribution is -0.137. The molecule has 1 heterocycles. The van der Waals surface area contributed by atoms with Gasteiger partial charge in [0.05, 0.1) is 17.8 Å². The molecule has 2 atom stereocenters. The monoisotopic (exact) mass is 343 g/mol. The molecule has 2 unspecified atom stereocenters. The summed E-state index contributed by atoms with van der Waals surface area (Å²) in [5.41, 5.74) is 2.71. The van der Waals surface area contributed by atoms with Crippen molar-refractivity contribution in [2.45, 2.75) is 52.1 Å². The van der Waals surface area contributed by atoms with Gasteiger partial charge in [0.25, 0.3) is 5.91 Å². The number of carboxylic acids is 1. The van der Waals surface area contributed by atoms with Crippen LogP contribution in [-0.2, 0) is 11.3 Å². The zero-order valence-electron chi connectivity index (χ0n) is 14.9. The first-order chi connectivity index (χ1) is 11.9. The number of carbonyl (C=O) groups is 2. The number of hydrogen-bond donors (Lipinski definition) is 2.